The third kappa shape index (κ3) is 4.61. The maximum Gasteiger partial charge on any atom is 0.129 e. The molecule has 0 N–H and O–H groups in total. The van der Waals surface area contributed by atoms with E-state index in [0.29, 0.717) is 5.02 Å². The van der Waals surface area contributed by atoms with Gasteiger partial charge in [0.25, 0.3) is 0 Å². The van der Waals surface area contributed by atoms with Gasteiger partial charge in [-0.05, 0) is 31.0 Å². The van der Waals surface area contributed by atoms with Crippen LogP contribution in [0.4, 0.5) is 5.82 Å². The first-order valence-corrected chi connectivity index (χ1v) is 10.9. The van der Waals surface area contributed by atoms with Crippen LogP contribution < -0.4 is 4.90 Å². The summed E-state index contributed by atoms with van der Waals surface area (Å²) in [4.78, 5) is 13.8. The number of nitrogens with zero attached hydrogens (tertiary/aromatic N) is 4. The van der Waals surface area contributed by atoms with Crippen LogP contribution in [0.25, 0.3) is 11.3 Å². The third-order valence-corrected chi connectivity index (χ3v) is 5.76. The second-order valence-electron chi connectivity index (χ2n) is 6.81. The minimum Gasteiger partial charge on any atom is -0.354 e. The Labute approximate surface area is 162 Å². The lowest BCUT2D eigenvalue weighted by atomic mass is 10.1. The fourth-order valence-electron chi connectivity index (χ4n) is 3.24. The van der Waals surface area contributed by atoms with Crippen molar-refractivity contribution in [2.24, 2.45) is 0 Å². The van der Waals surface area contributed by atoms with Crippen molar-refractivity contribution in [1.82, 2.24) is 14.9 Å². The Kier molecular flexibility index (Phi) is 6.27. The summed E-state index contributed by atoms with van der Waals surface area (Å²) in [6.07, 6.45) is 5.35. The van der Waals surface area contributed by atoms with Gasteiger partial charge in [0.2, 0.25) is 0 Å². The van der Waals surface area contributed by atoms with Crippen molar-refractivity contribution in [2.75, 3.05) is 49.6 Å². The van der Waals surface area contributed by atoms with Crippen LogP contribution in [0.3, 0.4) is 0 Å². The average molecular weight is 393 g/mol. The summed E-state index contributed by atoms with van der Waals surface area (Å²) < 4.78 is 11.3. The fraction of sp³-hybridized carbons (Fsp3) is 0.474. The summed E-state index contributed by atoms with van der Waals surface area (Å²) >= 11 is 6.42. The molecule has 1 aliphatic rings. The predicted molar refractivity (Wildman–Crippen MR) is 110 cm³/mol. The fourth-order valence-corrected chi connectivity index (χ4v) is 3.95. The van der Waals surface area contributed by atoms with E-state index in [2.05, 4.69) is 32.8 Å². The van der Waals surface area contributed by atoms with Crippen molar-refractivity contribution >= 4 is 28.2 Å². The van der Waals surface area contributed by atoms with Crippen LogP contribution in [0.2, 0.25) is 5.02 Å². The Bertz CT molecular complexity index is 806. The van der Waals surface area contributed by atoms with Gasteiger partial charge >= 0.3 is 0 Å². The zero-order chi connectivity index (χ0) is 18.7. The van der Waals surface area contributed by atoms with Crippen LogP contribution >= 0.6 is 11.6 Å². The van der Waals surface area contributed by atoms with Gasteiger partial charge in [0.05, 0.1) is 10.7 Å². The molecule has 0 saturated carbocycles. The highest BCUT2D eigenvalue weighted by Crippen LogP contribution is 2.31. The zero-order valence-electron chi connectivity index (χ0n) is 15.5. The van der Waals surface area contributed by atoms with Gasteiger partial charge in [-0.25, -0.2) is 4.98 Å². The molecule has 0 bridgehead atoms. The minimum absolute atomic E-state index is 0.622. The number of aromatic nitrogens is 2. The van der Waals surface area contributed by atoms with Crippen molar-refractivity contribution in [3.05, 3.63) is 40.7 Å². The monoisotopic (exact) mass is 392 g/mol. The lowest BCUT2D eigenvalue weighted by Gasteiger charge is -2.35. The van der Waals surface area contributed by atoms with Crippen molar-refractivity contribution in [2.45, 2.75) is 13.8 Å². The smallest absolute Gasteiger partial charge is 0.129 e. The van der Waals surface area contributed by atoms with E-state index >= 15 is 0 Å². The van der Waals surface area contributed by atoms with Crippen molar-refractivity contribution in [1.29, 1.82) is 0 Å². The molecule has 5 nitrogen and oxygen atoms in total. The van der Waals surface area contributed by atoms with Gasteiger partial charge in [-0.15, -0.1) is 0 Å². The molecule has 2 aromatic heterocycles. The van der Waals surface area contributed by atoms with Crippen molar-refractivity contribution in [3.8, 4) is 11.3 Å². The van der Waals surface area contributed by atoms with E-state index in [-0.39, 0.29) is 0 Å². The molecule has 3 rings (SSSR count). The maximum atomic E-state index is 11.3. The molecular formula is C19H25ClN4OS. The minimum atomic E-state index is -0.732. The molecule has 1 unspecified atom stereocenters. The molecule has 26 heavy (non-hydrogen) atoms. The van der Waals surface area contributed by atoms with E-state index in [4.69, 9.17) is 11.6 Å². The molecule has 0 aromatic carbocycles. The Morgan fingerprint density at radius 3 is 2.50 bits per heavy atom. The Balaban J connectivity index is 1.75. The molecule has 0 radical (unpaired) electrons. The van der Waals surface area contributed by atoms with Gasteiger partial charge in [-0.3, -0.25) is 14.1 Å². The number of aryl methyl sites for hydroxylation is 2. The summed E-state index contributed by atoms with van der Waals surface area (Å²) in [5, 5.41) is 0.622. The highest BCUT2D eigenvalue weighted by atomic mass is 35.5. The lowest BCUT2D eigenvalue weighted by Crippen LogP contribution is -2.47. The Hall–Kier alpha value is -1.50. The van der Waals surface area contributed by atoms with Gasteiger partial charge in [0, 0.05) is 73.5 Å². The molecule has 0 aliphatic carbocycles. The van der Waals surface area contributed by atoms with Gasteiger partial charge in [-0.2, -0.15) is 0 Å². The van der Waals surface area contributed by atoms with E-state index in [0.717, 1.165) is 66.7 Å². The molecule has 1 saturated heterocycles. The van der Waals surface area contributed by atoms with Gasteiger partial charge in [-0.1, -0.05) is 17.7 Å². The number of anilines is 1. The Morgan fingerprint density at radius 2 is 1.85 bits per heavy atom. The average Bonchev–Trinajstić information content (AvgIpc) is 2.61. The van der Waals surface area contributed by atoms with Crippen LogP contribution in [-0.2, 0) is 10.8 Å². The van der Waals surface area contributed by atoms with Gasteiger partial charge in [0.15, 0.2) is 0 Å². The van der Waals surface area contributed by atoms with Crippen molar-refractivity contribution < 1.29 is 4.21 Å². The molecule has 0 amide bonds. The van der Waals surface area contributed by atoms with Crippen LogP contribution in [0.5, 0.6) is 0 Å². The quantitative estimate of drug-likeness (QED) is 0.783. The second kappa shape index (κ2) is 8.46. The van der Waals surface area contributed by atoms with Crippen LogP contribution in [0.15, 0.2) is 24.5 Å². The van der Waals surface area contributed by atoms with Gasteiger partial charge in [0.1, 0.15) is 5.82 Å². The van der Waals surface area contributed by atoms with E-state index in [1.165, 1.54) is 0 Å². The summed E-state index contributed by atoms with van der Waals surface area (Å²) in [6.45, 7) is 8.72. The zero-order valence-corrected chi connectivity index (χ0v) is 17.1. The van der Waals surface area contributed by atoms with Crippen LogP contribution in [0, 0.1) is 13.8 Å². The normalized spacial score (nSPS) is 16.7. The Morgan fingerprint density at radius 1 is 1.12 bits per heavy atom. The molecule has 2 aromatic rings. The molecule has 1 aliphatic heterocycles. The second-order valence-corrected chi connectivity index (χ2v) is 8.77. The van der Waals surface area contributed by atoms with Gasteiger partial charge < -0.3 is 4.90 Å². The topological polar surface area (TPSA) is 49.3 Å². The van der Waals surface area contributed by atoms with Crippen molar-refractivity contribution in [3.63, 3.8) is 0 Å². The van der Waals surface area contributed by atoms with E-state index in [1.54, 1.807) is 12.5 Å². The first kappa shape index (κ1) is 19.3. The summed E-state index contributed by atoms with van der Waals surface area (Å²) in [7, 11) is -0.732. The molecule has 7 heteroatoms. The van der Waals surface area contributed by atoms with E-state index < -0.39 is 10.8 Å². The first-order chi connectivity index (χ1) is 12.4. The maximum absolute atomic E-state index is 11.3. The van der Waals surface area contributed by atoms with Crippen LogP contribution in [0.1, 0.15) is 11.1 Å². The number of rotatable bonds is 5. The number of hydrogen-bond acceptors (Lipinski definition) is 5. The number of pyridine rings is 2. The largest absolute Gasteiger partial charge is 0.354 e. The number of piperazine rings is 1. The molecule has 140 valence electrons. The highest BCUT2D eigenvalue weighted by molar-refractivity contribution is 7.84. The van der Waals surface area contributed by atoms with E-state index in [1.807, 2.05) is 19.2 Å². The lowest BCUT2D eigenvalue weighted by molar-refractivity contribution is 0.272. The van der Waals surface area contributed by atoms with Crippen LogP contribution in [-0.4, -0.2) is 63.8 Å². The standard InChI is InChI=1S/C19H25ClN4OS/c1-14-10-15(2)19(22-12-14)16-11-18(21-13-17(16)20)24-6-4-23(5-7-24)8-9-26(3)25/h10-13H,4-9H2,1-3H3. The summed E-state index contributed by atoms with van der Waals surface area (Å²) in [5.74, 6) is 1.67. The first-order valence-electron chi connectivity index (χ1n) is 8.80. The molecule has 1 fully saturated rings. The van der Waals surface area contributed by atoms with E-state index in [9.17, 15) is 4.21 Å². The predicted octanol–water partition coefficient (Wildman–Crippen LogP) is 2.91. The number of halogens is 1. The summed E-state index contributed by atoms with van der Waals surface area (Å²) in [6, 6.07) is 4.17. The summed E-state index contributed by atoms with van der Waals surface area (Å²) in [5.41, 5.74) is 4.09. The number of hydrogen-bond donors (Lipinski definition) is 0. The molecule has 3 heterocycles. The molecule has 1 atom stereocenters. The molecule has 0 spiro atoms. The highest BCUT2D eigenvalue weighted by Gasteiger charge is 2.19. The SMILES string of the molecule is Cc1cnc(-c2cc(N3CCN(CCS(C)=O)CC3)ncc2Cl)c(C)c1. The third-order valence-electron chi connectivity index (χ3n) is 4.70. The molecular weight excluding hydrogens is 368 g/mol.